The highest BCUT2D eigenvalue weighted by atomic mass is 16.6. The first-order valence-electron chi connectivity index (χ1n) is 8.03. The number of hydrogen-bond acceptors (Lipinski definition) is 4. The molecule has 1 amide bonds. The van der Waals surface area contributed by atoms with Crippen molar-refractivity contribution in [2.75, 3.05) is 26.8 Å². The summed E-state index contributed by atoms with van der Waals surface area (Å²) in [6, 6.07) is 0. The zero-order chi connectivity index (χ0) is 16.7. The van der Waals surface area contributed by atoms with Crippen molar-refractivity contribution < 1.29 is 14.3 Å². The second-order valence-electron chi connectivity index (χ2n) is 7.52. The van der Waals surface area contributed by atoms with E-state index in [-0.39, 0.29) is 11.5 Å². The van der Waals surface area contributed by atoms with E-state index < -0.39 is 5.60 Å². The number of rotatable bonds is 2. The number of carbonyl (C=O) groups excluding carboxylic acids is 1. The third-order valence-corrected chi connectivity index (χ3v) is 4.50. The molecule has 1 unspecified atom stereocenters. The number of likely N-dealkylation sites (tertiary alicyclic amines) is 1. The Bertz CT molecular complexity index is 629. The number of aromatic nitrogens is 2. The predicted molar refractivity (Wildman–Crippen MR) is 87.0 cm³/mol. The largest absolute Gasteiger partial charge is 0.444 e. The van der Waals surface area contributed by atoms with Crippen molar-refractivity contribution in [2.24, 2.45) is 5.41 Å². The molecule has 1 aliphatic carbocycles. The van der Waals surface area contributed by atoms with Gasteiger partial charge < -0.3 is 14.4 Å². The van der Waals surface area contributed by atoms with E-state index in [2.05, 4.69) is 16.3 Å². The van der Waals surface area contributed by atoms with Crippen molar-refractivity contribution in [3.8, 4) is 0 Å². The van der Waals surface area contributed by atoms with Gasteiger partial charge in [0.15, 0.2) is 0 Å². The molecule has 0 bridgehead atoms. The number of nitrogens with zero attached hydrogens (tertiary/aromatic N) is 2. The van der Waals surface area contributed by atoms with Gasteiger partial charge in [-0.15, -0.1) is 0 Å². The molecule has 0 spiro atoms. The lowest BCUT2D eigenvalue weighted by atomic mass is 9.69. The van der Waals surface area contributed by atoms with Crippen LogP contribution in [0.4, 0.5) is 4.79 Å². The molecule has 6 heteroatoms. The van der Waals surface area contributed by atoms with Crippen molar-refractivity contribution in [2.45, 2.75) is 39.2 Å². The van der Waals surface area contributed by atoms with Crippen molar-refractivity contribution in [3.63, 3.8) is 0 Å². The van der Waals surface area contributed by atoms with Crippen molar-refractivity contribution in [3.05, 3.63) is 23.0 Å². The smallest absolute Gasteiger partial charge is 0.410 e. The number of nitrogens with one attached hydrogen (secondary N) is 1. The summed E-state index contributed by atoms with van der Waals surface area (Å²) in [6.45, 7) is 7.56. The molecule has 2 heterocycles. The van der Waals surface area contributed by atoms with Gasteiger partial charge in [-0.1, -0.05) is 5.57 Å². The predicted octanol–water partition coefficient (Wildman–Crippen LogP) is 2.62. The zero-order valence-electron chi connectivity index (χ0n) is 14.3. The number of ether oxygens (including phenoxy) is 2. The van der Waals surface area contributed by atoms with Crippen molar-refractivity contribution in [1.29, 1.82) is 0 Å². The Kier molecular flexibility index (Phi) is 3.96. The molecule has 126 valence electrons. The second-order valence-corrected chi connectivity index (χ2v) is 7.52. The fourth-order valence-electron chi connectivity index (χ4n) is 3.53. The topological polar surface area (TPSA) is 67.5 Å². The Morgan fingerprint density at radius 2 is 2.26 bits per heavy atom. The Balaban J connectivity index is 1.84. The van der Waals surface area contributed by atoms with Crippen LogP contribution in [0.5, 0.6) is 0 Å². The fourth-order valence-corrected chi connectivity index (χ4v) is 3.53. The number of fused-ring (bicyclic) bond motifs is 2. The average molecular weight is 319 g/mol. The number of carbonyl (C=O) groups is 1. The lowest BCUT2D eigenvalue weighted by Crippen LogP contribution is -2.52. The summed E-state index contributed by atoms with van der Waals surface area (Å²) < 4.78 is 11.1. The van der Waals surface area contributed by atoms with Gasteiger partial charge in [0.25, 0.3) is 0 Å². The van der Waals surface area contributed by atoms with Crippen LogP contribution >= 0.6 is 0 Å². The SMILES string of the molecule is COCC12Cc3cn[nH]c3C=C1CCN(C(=O)OC(C)(C)C)C2. The Labute approximate surface area is 136 Å². The van der Waals surface area contributed by atoms with Crippen LogP contribution in [0.1, 0.15) is 38.4 Å². The van der Waals surface area contributed by atoms with Gasteiger partial charge in [-0.3, -0.25) is 5.10 Å². The Morgan fingerprint density at radius 3 is 2.96 bits per heavy atom. The molecular formula is C17H25N3O3. The summed E-state index contributed by atoms with van der Waals surface area (Å²) in [5.74, 6) is 0. The molecule has 0 radical (unpaired) electrons. The number of aromatic amines is 1. The molecule has 1 saturated heterocycles. The third kappa shape index (κ3) is 3.13. The minimum absolute atomic E-state index is 0.180. The monoisotopic (exact) mass is 319 g/mol. The number of methoxy groups -OCH3 is 1. The summed E-state index contributed by atoms with van der Waals surface area (Å²) in [5, 5.41) is 7.18. The van der Waals surface area contributed by atoms with Gasteiger partial charge in [0.05, 0.1) is 18.5 Å². The maximum absolute atomic E-state index is 12.5. The van der Waals surface area contributed by atoms with Gasteiger partial charge in [0.2, 0.25) is 0 Å². The van der Waals surface area contributed by atoms with Crippen LogP contribution in [-0.2, 0) is 15.9 Å². The molecule has 1 fully saturated rings. The second kappa shape index (κ2) is 5.67. The molecule has 6 nitrogen and oxygen atoms in total. The van der Waals surface area contributed by atoms with Crippen molar-refractivity contribution >= 4 is 12.2 Å². The highest BCUT2D eigenvalue weighted by molar-refractivity contribution is 5.69. The van der Waals surface area contributed by atoms with Crippen LogP contribution in [0.15, 0.2) is 11.8 Å². The first-order valence-corrected chi connectivity index (χ1v) is 8.03. The zero-order valence-corrected chi connectivity index (χ0v) is 14.3. The molecule has 2 aliphatic rings. The molecule has 0 aromatic carbocycles. The van der Waals surface area contributed by atoms with E-state index in [0.29, 0.717) is 19.7 Å². The molecule has 23 heavy (non-hydrogen) atoms. The number of piperidine rings is 1. The van der Waals surface area contributed by atoms with E-state index in [1.165, 1.54) is 11.1 Å². The summed E-state index contributed by atoms with van der Waals surface area (Å²) in [7, 11) is 1.71. The minimum atomic E-state index is -0.480. The van der Waals surface area contributed by atoms with Gasteiger partial charge in [0.1, 0.15) is 5.60 Å². The van der Waals surface area contributed by atoms with Crippen LogP contribution in [0, 0.1) is 5.41 Å². The summed E-state index contributed by atoms with van der Waals surface area (Å²) in [6.07, 6.45) is 5.47. The highest BCUT2D eigenvalue weighted by Crippen LogP contribution is 2.43. The van der Waals surface area contributed by atoms with Crippen LogP contribution in [0.25, 0.3) is 6.08 Å². The summed E-state index contributed by atoms with van der Waals surface area (Å²) >= 11 is 0. The lowest BCUT2D eigenvalue weighted by molar-refractivity contribution is 0.00115. The first-order chi connectivity index (χ1) is 10.8. The highest BCUT2D eigenvalue weighted by Gasteiger charge is 2.44. The van der Waals surface area contributed by atoms with Gasteiger partial charge in [0, 0.05) is 25.6 Å². The minimum Gasteiger partial charge on any atom is -0.444 e. The van der Waals surface area contributed by atoms with E-state index in [9.17, 15) is 4.79 Å². The molecule has 1 aromatic heterocycles. The van der Waals surface area contributed by atoms with E-state index in [4.69, 9.17) is 9.47 Å². The number of hydrogen-bond donors (Lipinski definition) is 1. The van der Waals surface area contributed by atoms with Gasteiger partial charge in [-0.25, -0.2) is 4.79 Å². The maximum atomic E-state index is 12.5. The number of H-pyrrole nitrogens is 1. The van der Waals surface area contributed by atoms with E-state index in [0.717, 1.165) is 18.5 Å². The van der Waals surface area contributed by atoms with Crippen LogP contribution in [0.2, 0.25) is 0 Å². The van der Waals surface area contributed by atoms with Crippen LogP contribution in [0.3, 0.4) is 0 Å². The maximum Gasteiger partial charge on any atom is 0.410 e. The molecule has 0 saturated carbocycles. The Hall–Kier alpha value is -1.82. The fraction of sp³-hybridized carbons (Fsp3) is 0.647. The summed E-state index contributed by atoms with van der Waals surface area (Å²) in [4.78, 5) is 14.3. The van der Waals surface area contributed by atoms with Gasteiger partial charge >= 0.3 is 6.09 Å². The quantitative estimate of drug-likeness (QED) is 0.910. The molecule has 3 rings (SSSR count). The lowest BCUT2D eigenvalue weighted by Gasteiger charge is -2.46. The molecule has 1 atom stereocenters. The van der Waals surface area contributed by atoms with Gasteiger partial charge in [-0.2, -0.15) is 5.10 Å². The average Bonchev–Trinajstić information content (AvgIpc) is 2.89. The van der Waals surface area contributed by atoms with E-state index in [1.54, 1.807) is 7.11 Å². The van der Waals surface area contributed by atoms with Crippen LogP contribution in [-0.4, -0.2) is 53.6 Å². The number of amides is 1. The third-order valence-electron chi connectivity index (χ3n) is 4.50. The molecule has 1 aliphatic heterocycles. The molecule has 1 N–H and O–H groups in total. The first kappa shape index (κ1) is 16.1. The Morgan fingerprint density at radius 1 is 1.48 bits per heavy atom. The standard InChI is InChI=1S/C17H25N3O3/c1-16(2,3)23-15(21)20-6-5-13-7-14-12(9-18-19-14)8-17(13,10-20)11-22-4/h7,9H,5-6,8,10-11H2,1-4H3,(H,18,19). The van der Waals surface area contributed by atoms with E-state index in [1.807, 2.05) is 31.9 Å². The summed E-state index contributed by atoms with van der Waals surface area (Å²) in [5.41, 5.74) is 2.93. The van der Waals surface area contributed by atoms with Crippen LogP contribution < -0.4 is 0 Å². The van der Waals surface area contributed by atoms with Crippen molar-refractivity contribution in [1.82, 2.24) is 15.1 Å². The molecule has 1 aromatic rings. The van der Waals surface area contributed by atoms with Gasteiger partial charge in [-0.05, 0) is 45.3 Å². The normalized spacial score (nSPS) is 23.8. The van der Waals surface area contributed by atoms with E-state index >= 15 is 0 Å². The molecular weight excluding hydrogens is 294 g/mol.